The minimum Gasteiger partial charge on any atom is -0.497 e. The lowest BCUT2D eigenvalue weighted by Gasteiger charge is -2.38. The van der Waals surface area contributed by atoms with Crippen molar-refractivity contribution in [1.29, 1.82) is 0 Å². The number of methoxy groups -OCH3 is 1. The molecule has 0 saturated carbocycles. The monoisotopic (exact) mass is 540 g/mol. The zero-order valence-corrected chi connectivity index (χ0v) is 22.1. The summed E-state index contributed by atoms with van der Waals surface area (Å²) in [6.07, 6.45) is 3.62. The molecule has 9 nitrogen and oxygen atoms in total. The van der Waals surface area contributed by atoms with Crippen molar-refractivity contribution in [3.8, 4) is 11.5 Å². The second kappa shape index (κ2) is 12.3. The van der Waals surface area contributed by atoms with E-state index in [0.29, 0.717) is 25.1 Å². The predicted molar refractivity (Wildman–Crippen MR) is 146 cm³/mol. The lowest BCUT2D eigenvalue weighted by atomic mass is 9.90. The van der Waals surface area contributed by atoms with Gasteiger partial charge in [-0.3, -0.25) is 4.90 Å². The number of likely N-dealkylation sites (tertiary alicyclic amines) is 1. The van der Waals surface area contributed by atoms with Crippen molar-refractivity contribution in [2.24, 2.45) is 0 Å². The third kappa shape index (κ3) is 6.63. The Hall–Kier alpha value is -3.60. The lowest BCUT2D eigenvalue weighted by molar-refractivity contribution is -0.159. The van der Waals surface area contributed by atoms with E-state index in [-0.39, 0.29) is 0 Å². The number of aliphatic hydroxyl groups excluding tert-OH is 1. The summed E-state index contributed by atoms with van der Waals surface area (Å²) in [7, 11) is 1.72. The van der Waals surface area contributed by atoms with Crippen LogP contribution in [0.1, 0.15) is 30.6 Å². The van der Waals surface area contributed by atoms with Gasteiger partial charge in [-0.25, -0.2) is 9.59 Å². The summed E-state index contributed by atoms with van der Waals surface area (Å²) in [6, 6.07) is 17.0. The number of nitrogens with one attached hydrogen (secondary N) is 1. The number of hydrogen-bond acceptors (Lipinski definition) is 7. The first-order valence-electron chi connectivity index (χ1n) is 12.4. The van der Waals surface area contributed by atoms with Gasteiger partial charge >= 0.3 is 11.9 Å². The van der Waals surface area contributed by atoms with E-state index >= 15 is 0 Å². The Morgan fingerprint density at radius 3 is 2.66 bits per heavy atom. The molecule has 3 atom stereocenters. The molecule has 2 aromatic carbocycles. The van der Waals surface area contributed by atoms with Gasteiger partial charge in [0.15, 0.2) is 0 Å². The summed E-state index contributed by atoms with van der Waals surface area (Å²) in [5.74, 6) is -1.34. The first kappa shape index (κ1) is 27.4. The van der Waals surface area contributed by atoms with Crippen molar-refractivity contribution in [2.75, 3.05) is 26.8 Å². The highest BCUT2D eigenvalue weighted by Crippen LogP contribution is 2.39. The fourth-order valence-corrected chi connectivity index (χ4v) is 6.04. The number of fused-ring (bicyclic) bond motifs is 2. The van der Waals surface area contributed by atoms with Gasteiger partial charge in [0, 0.05) is 39.3 Å². The Labute approximate surface area is 224 Å². The van der Waals surface area contributed by atoms with Gasteiger partial charge < -0.3 is 29.8 Å². The molecular weight excluding hydrogens is 508 g/mol. The Balaban J connectivity index is 0.000000505. The molecule has 38 heavy (non-hydrogen) atoms. The highest BCUT2D eigenvalue weighted by Gasteiger charge is 2.29. The van der Waals surface area contributed by atoms with Crippen LogP contribution in [0.4, 0.5) is 0 Å². The molecule has 2 aromatic heterocycles. The number of aliphatic hydroxyl groups is 1. The van der Waals surface area contributed by atoms with Crippen LogP contribution in [0, 0.1) is 0 Å². The third-order valence-electron chi connectivity index (χ3n) is 6.78. The fourth-order valence-electron chi connectivity index (χ4n) is 4.80. The molecule has 0 bridgehead atoms. The first-order chi connectivity index (χ1) is 18.2. The summed E-state index contributed by atoms with van der Waals surface area (Å²) in [4.78, 5) is 25.3. The van der Waals surface area contributed by atoms with E-state index in [2.05, 4.69) is 35.0 Å². The standard InChI is InChI=1S/C26H30N2O3S.C2H2O4/c1-17-12-19(25-13-18-6-7-21(30-2)14-26(18)32-25)9-11-28(17)15-20(29)16-31-24-5-3-4-23-22(24)8-10-27-23;3-1(4)2(5)6/h3-8,10,13-14,17,19-20,27,29H,9,11-12,15-16H2,1-2H3;(H,3,4)(H,5,6)/t17-,19+,20+;/m1./s1. The molecule has 0 aliphatic carbocycles. The Bertz CT molecular complexity index is 1390. The van der Waals surface area contributed by atoms with Gasteiger partial charge in [0.2, 0.25) is 0 Å². The molecular formula is C28H32N2O7S. The summed E-state index contributed by atoms with van der Waals surface area (Å²) >= 11 is 1.89. The van der Waals surface area contributed by atoms with E-state index in [1.807, 2.05) is 47.9 Å². The van der Waals surface area contributed by atoms with Gasteiger partial charge in [-0.2, -0.15) is 0 Å². The van der Waals surface area contributed by atoms with Gasteiger partial charge in [-0.05, 0) is 80.1 Å². The number of thiophene rings is 1. The summed E-state index contributed by atoms with van der Waals surface area (Å²) in [6.45, 7) is 4.21. The fraction of sp³-hybridized carbons (Fsp3) is 0.357. The SMILES string of the molecule is COc1ccc2cc([C@H]3CCN(C[C@H](O)COc4cccc5[nH]ccc45)[C@H](C)C3)sc2c1.O=C(O)C(=O)O. The van der Waals surface area contributed by atoms with Crippen LogP contribution in [-0.4, -0.2) is 76.1 Å². The normalized spacial score (nSPS) is 18.5. The second-order valence-electron chi connectivity index (χ2n) is 9.39. The maximum absolute atomic E-state index is 10.6. The quantitative estimate of drug-likeness (QED) is 0.251. The number of carbonyl (C=O) groups is 2. The van der Waals surface area contributed by atoms with Crippen LogP contribution in [0.15, 0.2) is 54.7 Å². The zero-order chi connectivity index (χ0) is 27.2. The number of H-pyrrole nitrogens is 1. The number of ether oxygens (including phenoxy) is 2. The molecule has 3 heterocycles. The Kier molecular flexibility index (Phi) is 8.88. The average molecular weight is 541 g/mol. The zero-order valence-electron chi connectivity index (χ0n) is 21.3. The van der Waals surface area contributed by atoms with Gasteiger partial charge in [-0.1, -0.05) is 6.07 Å². The van der Waals surface area contributed by atoms with Crippen LogP contribution < -0.4 is 9.47 Å². The molecule has 0 radical (unpaired) electrons. The molecule has 5 rings (SSSR count). The third-order valence-corrected chi connectivity index (χ3v) is 8.04. The number of aliphatic carboxylic acids is 2. The number of rotatable bonds is 7. The van der Waals surface area contributed by atoms with Crippen LogP contribution in [0.2, 0.25) is 0 Å². The van der Waals surface area contributed by atoms with E-state index in [1.165, 1.54) is 15.0 Å². The number of hydrogen-bond donors (Lipinski definition) is 4. The Morgan fingerprint density at radius 1 is 1.16 bits per heavy atom. The van der Waals surface area contributed by atoms with Crippen LogP contribution in [-0.2, 0) is 9.59 Å². The molecule has 202 valence electrons. The van der Waals surface area contributed by atoms with Crippen molar-refractivity contribution in [1.82, 2.24) is 9.88 Å². The number of piperidine rings is 1. The van der Waals surface area contributed by atoms with Crippen molar-refractivity contribution < 1.29 is 34.4 Å². The largest absolute Gasteiger partial charge is 0.497 e. The lowest BCUT2D eigenvalue weighted by Crippen LogP contribution is -2.45. The van der Waals surface area contributed by atoms with E-state index in [4.69, 9.17) is 29.3 Å². The van der Waals surface area contributed by atoms with E-state index in [0.717, 1.165) is 41.8 Å². The minimum atomic E-state index is -1.82. The highest BCUT2D eigenvalue weighted by molar-refractivity contribution is 7.19. The number of benzene rings is 2. The maximum atomic E-state index is 10.6. The minimum absolute atomic E-state index is 0.301. The Morgan fingerprint density at radius 2 is 1.95 bits per heavy atom. The van der Waals surface area contributed by atoms with Crippen LogP contribution in [0.25, 0.3) is 21.0 Å². The maximum Gasteiger partial charge on any atom is 0.414 e. The first-order valence-corrected chi connectivity index (χ1v) is 13.2. The molecule has 1 fully saturated rings. The number of β-amino-alcohol motifs (C(OH)–C–C–N with tert-alkyl or cyclic N) is 1. The molecule has 0 spiro atoms. The van der Waals surface area contributed by atoms with Crippen LogP contribution in [0.3, 0.4) is 0 Å². The van der Waals surface area contributed by atoms with Gasteiger partial charge in [0.1, 0.15) is 24.2 Å². The summed E-state index contributed by atoms with van der Waals surface area (Å²) in [5, 5.41) is 27.8. The molecule has 0 amide bonds. The average Bonchev–Trinajstić information content (AvgIpc) is 3.56. The molecule has 1 aliphatic rings. The number of aromatic nitrogens is 1. The van der Waals surface area contributed by atoms with Crippen molar-refractivity contribution in [3.63, 3.8) is 0 Å². The van der Waals surface area contributed by atoms with Crippen LogP contribution in [0.5, 0.6) is 11.5 Å². The molecule has 0 unspecified atom stereocenters. The number of carboxylic acids is 2. The van der Waals surface area contributed by atoms with Gasteiger partial charge in [-0.15, -0.1) is 11.3 Å². The highest BCUT2D eigenvalue weighted by atomic mass is 32.1. The van der Waals surface area contributed by atoms with Crippen molar-refractivity contribution >= 4 is 44.3 Å². The number of nitrogens with zero attached hydrogens (tertiary/aromatic N) is 1. The van der Waals surface area contributed by atoms with Gasteiger partial charge in [0.25, 0.3) is 0 Å². The molecule has 4 aromatic rings. The molecule has 1 aliphatic heterocycles. The van der Waals surface area contributed by atoms with Crippen molar-refractivity contribution in [3.05, 3.63) is 59.6 Å². The smallest absolute Gasteiger partial charge is 0.414 e. The summed E-state index contributed by atoms with van der Waals surface area (Å²) < 4.78 is 12.6. The second-order valence-corrected chi connectivity index (χ2v) is 10.5. The van der Waals surface area contributed by atoms with Crippen LogP contribution >= 0.6 is 11.3 Å². The van der Waals surface area contributed by atoms with E-state index < -0.39 is 18.0 Å². The topological polar surface area (TPSA) is 132 Å². The molecule has 4 N–H and O–H groups in total. The van der Waals surface area contributed by atoms with Crippen molar-refractivity contribution in [2.45, 2.75) is 37.8 Å². The van der Waals surface area contributed by atoms with Gasteiger partial charge in [0.05, 0.1) is 7.11 Å². The van der Waals surface area contributed by atoms with E-state index in [9.17, 15) is 5.11 Å². The molecule has 1 saturated heterocycles. The van der Waals surface area contributed by atoms with E-state index in [1.54, 1.807) is 7.11 Å². The number of aromatic amines is 1. The molecule has 10 heteroatoms. The predicted octanol–water partition coefficient (Wildman–Crippen LogP) is 4.55. The summed E-state index contributed by atoms with van der Waals surface area (Å²) in [5.41, 5.74) is 1.05. The number of carboxylic acid groups (broad SMARTS) is 2.